The molecule has 4 heterocycles. The summed E-state index contributed by atoms with van der Waals surface area (Å²) in [6.07, 6.45) is 1.96. The number of piperidine rings is 1. The number of halogens is 1. The molecule has 3 aromatic rings. The smallest absolute Gasteiger partial charge is 0.250 e. The minimum absolute atomic E-state index is 0.170. The molecule has 2 aliphatic rings. The predicted octanol–water partition coefficient (Wildman–Crippen LogP) is 0.919. The summed E-state index contributed by atoms with van der Waals surface area (Å²) < 4.78 is 28.1. The van der Waals surface area contributed by atoms with Gasteiger partial charge in [-0.2, -0.15) is 5.10 Å². The van der Waals surface area contributed by atoms with Crippen molar-refractivity contribution in [3.8, 4) is 5.82 Å². The molecule has 11 nitrogen and oxygen atoms in total. The number of likely N-dealkylation sites (tertiary alicyclic amines) is 1. The van der Waals surface area contributed by atoms with Crippen LogP contribution in [0.15, 0.2) is 30.7 Å². The summed E-state index contributed by atoms with van der Waals surface area (Å²) in [4.78, 5) is 25.0. The molecule has 38 heavy (non-hydrogen) atoms. The van der Waals surface area contributed by atoms with E-state index < -0.39 is 17.8 Å². The van der Waals surface area contributed by atoms with E-state index in [-0.39, 0.29) is 12.5 Å². The Morgan fingerprint density at radius 1 is 1.26 bits per heavy atom. The molecule has 2 saturated heterocycles. The predicted molar refractivity (Wildman–Crippen MR) is 141 cm³/mol. The molecule has 2 unspecified atom stereocenters. The first-order chi connectivity index (χ1) is 18.3. The van der Waals surface area contributed by atoms with Gasteiger partial charge >= 0.3 is 0 Å². The van der Waals surface area contributed by atoms with Crippen molar-refractivity contribution in [1.82, 2.24) is 30.0 Å². The van der Waals surface area contributed by atoms with Gasteiger partial charge in [-0.25, -0.2) is 19.0 Å². The number of nitrogens with two attached hydrogens (primary N) is 1. The van der Waals surface area contributed by atoms with Gasteiger partial charge in [-0.15, -0.1) is 0 Å². The molecule has 2 aromatic heterocycles. The normalized spacial score (nSPS) is 24.6. The number of amides is 1. The van der Waals surface area contributed by atoms with E-state index in [2.05, 4.69) is 25.3 Å². The number of morpholine rings is 1. The maximum atomic E-state index is 15.6. The third kappa shape index (κ3) is 4.96. The van der Waals surface area contributed by atoms with E-state index in [1.54, 1.807) is 25.0 Å². The van der Waals surface area contributed by atoms with Crippen LogP contribution in [0.5, 0.6) is 0 Å². The standard InChI is InChI=1S/C26H35FN8O3/c1-17-10-18-13-32-35(20(18)11-19(17)26(28)4-5-33(6-8-37-3)15-22(26)27)24-12-23(30-16-31-24)34-7-9-38-21(14-34)25(36)29-2/h10-13,16,21-22H,4-9,14-15,28H2,1-3H3,(H,29,36)/t21-,22?,26?/m1/s1. The SMILES string of the molecule is CNC(=O)[C@H]1CN(c2cc(-n3ncc4cc(C)c(C5(N)CCN(CCOC)CC5F)cc43)ncn2)CCO1. The van der Waals surface area contributed by atoms with E-state index in [0.29, 0.717) is 57.4 Å². The molecule has 0 radical (unpaired) electrons. The summed E-state index contributed by atoms with van der Waals surface area (Å²) >= 11 is 0. The summed E-state index contributed by atoms with van der Waals surface area (Å²) in [6, 6.07) is 5.79. The number of aryl methyl sites for hydroxylation is 1. The van der Waals surface area contributed by atoms with Crippen LogP contribution in [0.1, 0.15) is 17.5 Å². The third-order valence-electron chi connectivity index (χ3n) is 7.63. The van der Waals surface area contributed by atoms with Crippen LogP contribution in [-0.4, -0.2) is 103 Å². The van der Waals surface area contributed by atoms with E-state index in [1.165, 1.54) is 6.33 Å². The van der Waals surface area contributed by atoms with Crippen LogP contribution in [0.25, 0.3) is 16.7 Å². The molecule has 0 aliphatic carbocycles. The summed E-state index contributed by atoms with van der Waals surface area (Å²) in [5.74, 6) is 1.07. The number of nitrogens with one attached hydrogen (secondary N) is 1. The number of hydrogen-bond donors (Lipinski definition) is 2. The minimum atomic E-state index is -1.22. The Bertz CT molecular complexity index is 1300. The van der Waals surface area contributed by atoms with Gasteiger partial charge in [0.05, 0.1) is 37.0 Å². The Balaban J connectivity index is 1.45. The number of carbonyl (C=O) groups excluding carboxylic acids is 1. The van der Waals surface area contributed by atoms with Crippen molar-refractivity contribution in [3.63, 3.8) is 0 Å². The molecule has 1 aromatic carbocycles. The fourth-order valence-electron chi connectivity index (χ4n) is 5.38. The zero-order valence-electron chi connectivity index (χ0n) is 22.1. The van der Waals surface area contributed by atoms with E-state index >= 15 is 4.39 Å². The van der Waals surface area contributed by atoms with Crippen molar-refractivity contribution >= 4 is 22.6 Å². The Morgan fingerprint density at radius 2 is 2.08 bits per heavy atom. The fourth-order valence-corrected chi connectivity index (χ4v) is 5.38. The summed E-state index contributed by atoms with van der Waals surface area (Å²) in [7, 11) is 3.24. The Morgan fingerprint density at radius 3 is 2.84 bits per heavy atom. The Labute approximate surface area is 221 Å². The number of alkyl halides is 1. The van der Waals surface area contributed by atoms with Crippen LogP contribution in [0.2, 0.25) is 0 Å². The number of anilines is 1. The highest BCUT2D eigenvalue weighted by Crippen LogP contribution is 2.37. The summed E-state index contributed by atoms with van der Waals surface area (Å²) in [5.41, 5.74) is 8.20. The van der Waals surface area contributed by atoms with Crippen LogP contribution in [0, 0.1) is 6.92 Å². The molecule has 3 N–H and O–H groups in total. The second kappa shape index (κ2) is 10.9. The zero-order chi connectivity index (χ0) is 26.9. The molecule has 5 rings (SSSR count). The molecule has 204 valence electrons. The van der Waals surface area contributed by atoms with Crippen molar-refractivity contribution < 1.29 is 18.7 Å². The quantitative estimate of drug-likeness (QED) is 0.463. The average molecular weight is 527 g/mol. The summed E-state index contributed by atoms with van der Waals surface area (Å²) in [6.45, 7) is 5.57. The molecule has 3 atom stereocenters. The first kappa shape index (κ1) is 26.4. The summed E-state index contributed by atoms with van der Waals surface area (Å²) in [5, 5.41) is 8.13. The second-order valence-corrected chi connectivity index (χ2v) is 9.99. The fraction of sp³-hybridized carbons (Fsp3) is 0.538. The molecule has 0 spiro atoms. The molecule has 0 bridgehead atoms. The molecule has 12 heteroatoms. The number of benzene rings is 1. The number of likely N-dealkylation sites (N-methyl/N-ethyl adjacent to an activating group) is 1. The highest BCUT2D eigenvalue weighted by Gasteiger charge is 2.43. The number of carbonyl (C=O) groups is 1. The Hall–Kier alpha value is -3.19. The maximum absolute atomic E-state index is 15.6. The van der Waals surface area contributed by atoms with Gasteiger partial charge in [-0.3, -0.25) is 9.69 Å². The topological polar surface area (TPSA) is 124 Å². The van der Waals surface area contributed by atoms with Crippen LogP contribution in [0.3, 0.4) is 0 Å². The average Bonchev–Trinajstić information content (AvgIpc) is 3.35. The third-order valence-corrected chi connectivity index (χ3v) is 7.63. The second-order valence-electron chi connectivity index (χ2n) is 9.99. The van der Waals surface area contributed by atoms with Crippen molar-refractivity contribution in [1.29, 1.82) is 0 Å². The van der Waals surface area contributed by atoms with E-state index in [1.807, 2.05) is 30.0 Å². The van der Waals surface area contributed by atoms with Gasteiger partial charge in [0.1, 0.15) is 18.3 Å². The molecule has 2 fully saturated rings. The Kier molecular flexibility index (Phi) is 7.57. The lowest BCUT2D eigenvalue weighted by atomic mass is 9.78. The number of fused-ring (bicyclic) bond motifs is 1. The van der Waals surface area contributed by atoms with Crippen molar-refractivity contribution in [2.75, 3.05) is 65.0 Å². The van der Waals surface area contributed by atoms with Crippen molar-refractivity contribution in [3.05, 3.63) is 41.9 Å². The lowest BCUT2D eigenvalue weighted by Crippen LogP contribution is -2.57. The number of nitrogens with zero attached hydrogens (tertiary/aromatic N) is 6. The van der Waals surface area contributed by atoms with Gasteiger partial charge < -0.3 is 25.4 Å². The monoisotopic (exact) mass is 526 g/mol. The zero-order valence-corrected chi connectivity index (χ0v) is 22.1. The van der Waals surface area contributed by atoms with Gasteiger partial charge in [-0.1, -0.05) is 0 Å². The van der Waals surface area contributed by atoms with Gasteiger partial charge in [-0.05, 0) is 36.6 Å². The largest absolute Gasteiger partial charge is 0.383 e. The van der Waals surface area contributed by atoms with Crippen LogP contribution in [-0.2, 0) is 19.8 Å². The maximum Gasteiger partial charge on any atom is 0.250 e. The van der Waals surface area contributed by atoms with E-state index in [4.69, 9.17) is 15.2 Å². The first-order valence-corrected chi connectivity index (χ1v) is 12.9. The number of hydrogen-bond acceptors (Lipinski definition) is 9. The van der Waals surface area contributed by atoms with Crippen LogP contribution < -0.4 is 16.0 Å². The van der Waals surface area contributed by atoms with Crippen LogP contribution in [0.4, 0.5) is 10.2 Å². The van der Waals surface area contributed by atoms with Crippen molar-refractivity contribution in [2.45, 2.75) is 31.2 Å². The van der Waals surface area contributed by atoms with E-state index in [9.17, 15) is 4.79 Å². The number of aromatic nitrogens is 4. The first-order valence-electron chi connectivity index (χ1n) is 12.9. The van der Waals surface area contributed by atoms with Crippen LogP contribution >= 0.6 is 0 Å². The number of methoxy groups -OCH3 is 1. The minimum Gasteiger partial charge on any atom is -0.383 e. The number of rotatable bonds is 7. The highest BCUT2D eigenvalue weighted by atomic mass is 19.1. The van der Waals surface area contributed by atoms with Crippen molar-refractivity contribution in [2.24, 2.45) is 5.73 Å². The van der Waals surface area contributed by atoms with E-state index in [0.717, 1.165) is 22.0 Å². The number of ether oxygens (including phenoxy) is 2. The molecule has 1 amide bonds. The highest BCUT2D eigenvalue weighted by molar-refractivity contribution is 5.83. The molecule has 2 aliphatic heterocycles. The van der Waals surface area contributed by atoms with Gasteiger partial charge in [0.15, 0.2) is 11.9 Å². The lowest BCUT2D eigenvalue weighted by Gasteiger charge is -2.42. The van der Waals surface area contributed by atoms with Gasteiger partial charge in [0.2, 0.25) is 0 Å². The molecular weight excluding hydrogens is 491 g/mol. The van der Waals surface area contributed by atoms with Gasteiger partial charge in [0, 0.05) is 51.8 Å². The van der Waals surface area contributed by atoms with Gasteiger partial charge in [0.25, 0.3) is 5.91 Å². The molecule has 0 saturated carbocycles. The lowest BCUT2D eigenvalue weighted by molar-refractivity contribution is -0.132. The molecular formula is C26H35FN8O3.